The minimum absolute atomic E-state index is 0.0318. The van der Waals surface area contributed by atoms with E-state index in [1.807, 2.05) is 0 Å². The number of carbonyl (C=O) groups is 4. The lowest BCUT2D eigenvalue weighted by molar-refractivity contribution is -0.178. The van der Waals surface area contributed by atoms with E-state index in [1.165, 1.54) is 6.92 Å². The molecule has 1 saturated carbocycles. The van der Waals surface area contributed by atoms with Gasteiger partial charge in [0.15, 0.2) is 6.29 Å². The van der Waals surface area contributed by atoms with Crippen LogP contribution < -0.4 is 21.3 Å². The third kappa shape index (κ3) is 33.1. The van der Waals surface area contributed by atoms with Gasteiger partial charge >= 0.3 is 7.82 Å². The van der Waals surface area contributed by atoms with Crippen LogP contribution in [0, 0.1) is 11.8 Å². The van der Waals surface area contributed by atoms with Crippen molar-refractivity contribution < 1.29 is 96.4 Å². The fourth-order valence-corrected chi connectivity index (χ4v) is 6.65. The van der Waals surface area contributed by atoms with Gasteiger partial charge in [-0.05, 0) is 57.8 Å². The molecule has 0 aromatic carbocycles. The molecule has 0 aliphatic heterocycles. The van der Waals surface area contributed by atoms with E-state index < -0.39 is 69.2 Å². The minimum Gasteiger partial charge on any atom is -0.396 e. The summed E-state index contributed by atoms with van der Waals surface area (Å²) in [6.07, 6.45) is 4.02. The van der Waals surface area contributed by atoms with E-state index in [-0.39, 0.29) is 105 Å². The lowest BCUT2D eigenvalue weighted by Gasteiger charge is -2.25. The molecule has 0 saturated heterocycles. The van der Waals surface area contributed by atoms with Gasteiger partial charge in [-0.2, -0.15) is 0 Å². The number of hydrogen-bond donors (Lipinski definition) is 10. The fraction of sp³-hybridized carbons (Fsp3) is 0.902. The Bertz CT molecular complexity index is 1310. The second kappa shape index (κ2) is 40.4. The SMILES string of the molecule is C[C@H](NC(=O)COCCOCCOCCOC(O)[C@@H](CO)C(O)CO)C(=O)N[C@@H](CCCCNC(=O)COCCOCCOCCO)C(=O)NCCCCCCOP(=O)(O)OCC1CCC1. The normalized spacial score (nSPS) is 16.0. The number of unbranched alkanes of at least 4 members (excludes halogenated alkanes) is 4. The largest absolute Gasteiger partial charge is 0.472 e. The number of rotatable bonds is 46. The number of phosphoric acid groups is 1. The molecule has 24 nitrogen and oxygen atoms in total. The molecule has 0 aromatic heterocycles. The van der Waals surface area contributed by atoms with Crippen LogP contribution in [0.5, 0.6) is 0 Å². The number of phosphoric ester groups is 1. The van der Waals surface area contributed by atoms with Crippen LogP contribution in [0.25, 0.3) is 0 Å². The highest BCUT2D eigenvalue weighted by Crippen LogP contribution is 2.45. The third-order valence-electron chi connectivity index (χ3n) is 9.93. The Morgan fingerprint density at radius 3 is 1.77 bits per heavy atom. The molecule has 1 aliphatic rings. The van der Waals surface area contributed by atoms with Crippen molar-refractivity contribution in [3.63, 3.8) is 0 Å². The van der Waals surface area contributed by atoms with Crippen LogP contribution >= 0.6 is 7.82 Å². The molecule has 10 N–H and O–H groups in total. The number of carbonyl (C=O) groups excluding carboxylic acids is 4. The summed E-state index contributed by atoms with van der Waals surface area (Å²) in [4.78, 5) is 60.9. The maximum Gasteiger partial charge on any atom is 0.472 e. The average Bonchev–Trinajstić information content (AvgIpc) is 3.27. The van der Waals surface area contributed by atoms with Gasteiger partial charge in [-0.15, -0.1) is 0 Å². The zero-order valence-corrected chi connectivity index (χ0v) is 39.4. The van der Waals surface area contributed by atoms with Gasteiger partial charge in [0.25, 0.3) is 0 Å². The molecule has 0 aromatic rings. The Balaban J connectivity index is 2.40. The Labute approximate surface area is 388 Å². The molecule has 6 atom stereocenters. The minimum atomic E-state index is -4.08. The van der Waals surface area contributed by atoms with E-state index in [0.29, 0.717) is 70.7 Å². The number of hydrogen-bond acceptors (Lipinski definition) is 19. The molecule has 1 aliphatic carbocycles. The van der Waals surface area contributed by atoms with E-state index in [2.05, 4.69) is 21.3 Å². The van der Waals surface area contributed by atoms with E-state index in [4.69, 9.17) is 52.4 Å². The molecule has 66 heavy (non-hydrogen) atoms. The lowest BCUT2D eigenvalue weighted by Crippen LogP contribution is -2.53. The molecular formula is C41H79N4O20P. The summed E-state index contributed by atoms with van der Waals surface area (Å²) < 4.78 is 59.0. The monoisotopic (exact) mass is 979 g/mol. The molecule has 4 amide bonds. The number of aliphatic hydroxyl groups excluding tert-OH is 5. The molecule has 0 radical (unpaired) electrons. The summed E-state index contributed by atoms with van der Waals surface area (Å²) in [7, 11) is -4.08. The zero-order chi connectivity index (χ0) is 48.7. The van der Waals surface area contributed by atoms with Gasteiger partial charge in [-0.25, -0.2) is 4.57 Å². The summed E-state index contributed by atoms with van der Waals surface area (Å²) >= 11 is 0. The third-order valence-corrected chi connectivity index (χ3v) is 10.9. The second-order valence-corrected chi connectivity index (χ2v) is 16.9. The van der Waals surface area contributed by atoms with Crippen molar-refractivity contribution in [1.29, 1.82) is 0 Å². The smallest absolute Gasteiger partial charge is 0.396 e. The zero-order valence-electron chi connectivity index (χ0n) is 38.5. The van der Waals surface area contributed by atoms with Crippen molar-refractivity contribution in [2.75, 3.05) is 132 Å². The van der Waals surface area contributed by atoms with Crippen LogP contribution in [-0.4, -0.2) is 211 Å². The Morgan fingerprint density at radius 1 is 0.621 bits per heavy atom. The van der Waals surface area contributed by atoms with Crippen LogP contribution in [0.4, 0.5) is 0 Å². The molecular weight excluding hydrogens is 899 g/mol. The van der Waals surface area contributed by atoms with Crippen molar-refractivity contribution >= 4 is 31.5 Å². The quantitative estimate of drug-likeness (QED) is 0.0184. The molecule has 3 unspecified atom stereocenters. The summed E-state index contributed by atoms with van der Waals surface area (Å²) in [6, 6.07) is -1.94. The molecule has 25 heteroatoms. The van der Waals surface area contributed by atoms with Gasteiger partial charge in [0.1, 0.15) is 25.3 Å². The molecule has 1 rings (SSSR count). The van der Waals surface area contributed by atoms with Gasteiger partial charge in [-0.3, -0.25) is 28.2 Å². The topological polar surface area (TPSA) is 338 Å². The first kappa shape index (κ1) is 61.5. The van der Waals surface area contributed by atoms with Crippen molar-refractivity contribution in [3.8, 4) is 0 Å². The van der Waals surface area contributed by atoms with E-state index in [9.17, 15) is 44.0 Å². The van der Waals surface area contributed by atoms with Crippen LogP contribution in [0.2, 0.25) is 0 Å². The van der Waals surface area contributed by atoms with Crippen LogP contribution in [0.15, 0.2) is 0 Å². The molecule has 1 fully saturated rings. The van der Waals surface area contributed by atoms with Crippen LogP contribution in [-0.2, 0) is 65.9 Å². The summed E-state index contributed by atoms with van der Waals surface area (Å²) in [5.41, 5.74) is 0. The van der Waals surface area contributed by atoms with Crippen molar-refractivity contribution in [1.82, 2.24) is 21.3 Å². The van der Waals surface area contributed by atoms with E-state index >= 15 is 0 Å². The standard InChI is InChI=1S/C41H79N4O20P/c1-32(44-38(51)31-62-24-22-59-19-20-60-25-26-63-41(54)34(27-47)36(49)28-48)39(52)45-35(11-4-6-12-42-37(50)30-61-23-21-58-18-17-57-16-14-46)40(53)43-13-5-2-3-7-15-64-66(55,56)65-29-33-9-8-10-33/h32-36,41,46-49,54H,2-31H2,1H3,(H,42,50)(H,43,53)(H,44,51)(H,45,52)(H,55,56)/t32-,34-,35-,36?,41?/m0/s1. The molecule has 388 valence electrons. The Morgan fingerprint density at radius 2 is 1.18 bits per heavy atom. The predicted octanol–water partition coefficient (Wildman–Crippen LogP) is -1.74. The number of ether oxygens (including phenoxy) is 7. The molecule has 0 spiro atoms. The van der Waals surface area contributed by atoms with Gasteiger partial charge in [0.2, 0.25) is 23.6 Å². The maximum absolute atomic E-state index is 13.2. The second-order valence-electron chi connectivity index (χ2n) is 15.4. The Hall–Kier alpha value is -2.49. The fourth-order valence-electron chi connectivity index (χ4n) is 5.82. The first-order valence-corrected chi connectivity index (χ1v) is 24.4. The van der Waals surface area contributed by atoms with Crippen LogP contribution in [0.3, 0.4) is 0 Å². The average molecular weight is 979 g/mol. The first-order chi connectivity index (χ1) is 31.8. The maximum atomic E-state index is 13.2. The van der Waals surface area contributed by atoms with E-state index in [0.717, 1.165) is 19.3 Å². The number of aliphatic hydroxyl groups is 5. The predicted molar refractivity (Wildman–Crippen MR) is 235 cm³/mol. The van der Waals surface area contributed by atoms with Gasteiger partial charge in [0.05, 0.1) is 118 Å². The number of amides is 4. The van der Waals surface area contributed by atoms with Crippen molar-refractivity contribution in [2.45, 2.75) is 95.6 Å². The first-order valence-electron chi connectivity index (χ1n) is 22.9. The molecule has 0 bridgehead atoms. The highest BCUT2D eigenvalue weighted by molar-refractivity contribution is 7.47. The van der Waals surface area contributed by atoms with E-state index in [1.54, 1.807) is 0 Å². The van der Waals surface area contributed by atoms with Crippen molar-refractivity contribution in [3.05, 3.63) is 0 Å². The highest BCUT2D eigenvalue weighted by atomic mass is 31.2. The highest BCUT2D eigenvalue weighted by Gasteiger charge is 2.28. The van der Waals surface area contributed by atoms with Gasteiger partial charge in [-0.1, -0.05) is 19.3 Å². The number of nitrogens with one attached hydrogen (secondary N) is 4. The summed E-state index contributed by atoms with van der Waals surface area (Å²) in [5, 5.41) is 57.1. The van der Waals surface area contributed by atoms with Crippen molar-refractivity contribution in [2.24, 2.45) is 11.8 Å². The lowest BCUT2D eigenvalue weighted by atomic mass is 9.86. The summed E-state index contributed by atoms with van der Waals surface area (Å²) in [5.74, 6) is -2.64. The molecule has 0 heterocycles. The van der Waals surface area contributed by atoms with Crippen LogP contribution in [0.1, 0.15) is 71.1 Å². The Kier molecular flexibility index (Phi) is 37.7. The van der Waals surface area contributed by atoms with Gasteiger partial charge < -0.3 is 84.9 Å². The van der Waals surface area contributed by atoms with Gasteiger partial charge in [0, 0.05) is 13.1 Å². The summed E-state index contributed by atoms with van der Waals surface area (Å²) in [6.45, 7) is 2.66.